The lowest BCUT2D eigenvalue weighted by Gasteiger charge is -2.22. The molecule has 1 aliphatic heterocycles. The van der Waals surface area contributed by atoms with Crippen molar-refractivity contribution >= 4 is 44.9 Å². The van der Waals surface area contributed by atoms with Crippen LogP contribution in [0.25, 0.3) is 10.2 Å². The summed E-state index contributed by atoms with van der Waals surface area (Å²) in [5.41, 5.74) is 3.11. The summed E-state index contributed by atoms with van der Waals surface area (Å²) in [5.74, 6) is 0.266. The molecule has 3 aromatic rings. The van der Waals surface area contributed by atoms with E-state index >= 15 is 0 Å². The Bertz CT molecular complexity index is 1180. The van der Waals surface area contributed by atoms with E-state index < -0.39 is 0 Å². The molecule has 1 atom stereocenters. The quantitative estimate of drug-likeness (QED) is 0.347. The summed E-state index contributed by atoms with van der Waals surface area (Å²) in [4.78, 5) is 34.5. The normalized spacial score (nSPS) is 15.7. The Balaban J connectivity index is 1.64. The van der Waals surface area contributed by atoms with Crippen LogP contribution in [0.15, 0.2) is 46.9 Å². The van der Waals surface area contributed by atoms with Crippen LogP contribution in [0.4, 0.5) is 5.69 Å². The van der Waals surface area contributed by atoms with E-state index in [9.17, 15) is 9.59 Å². The third kappa shape index (κ3) is 3.42. The van der Waals surface area contributed by atoms with E-state index in [1.54, 1.807) is 10.6 Å². The zero-order valence-electron chi connectivity index (χ0n) is 16.8. The third-order valence-electron chi connectivity index (χ3n) is 5.37. The topological polar surface area (TPSA) is 55.2 Å². The van der Waals surface area contributed by atoms with Crippen molar-refractivity contribution in [3.63, 3.8) is 0 Å². The van der Waals surface area contributed by atoms with Gasteiger partial charge in [-0.15, -0.1) is 17.9 Å². The predicted molar refractivity (Wildman–Crippen MR) is 121 cm³/mol. The maximum absolute atomic E-state index is 13.1. The van der Waals surface area contributed by atoms with Crippen molar-refractivity contribution in [1.29, 1.82) is 0 Å². The summed E-state index contributed by atoms with van der Waals surface area (Å²) in [6.45, 7) is 10.2. The van der Waals surface area contributed by atoms with Gasteiger partial charge in [0.2, 0.25) is 5.91 Å². The molecule has 29 heavy (non-hydrogen) atoms. The number of thioether (sulfide) groups is 1. The molecule has 0 N–H and O–H groups in total. The number of fused-ring (bicyclic) bond motifs is 2. The number of hydrogen-bond acceptors (Lipinski definition) is 5. The van der Waals surface area contributed by atoms with Gasteiger partial charge < -0.3 is 4.90 Å². The minimum absolute atomic E-state index is 0.0329. The number of allylic oxidation sites excluding steroid dienone is 1. The van der Waals surface area contributed by atoms with Gasteiger partial charge in [0, 0.05) is 23.2 Å². The van der Waals surface area contributed by atoms with Gasteiger partial charge in [0.05, 0.1) is 11.1 Å². The first-order valence-electron chi connectivity index (χ1n) is 9.56. The zero-order chi connectivity index (χ0) is 20.7. The molecule has 1 amide bonds. The second kappa shape index (κ2) is 7.80. The van der Waals surface area contributed by atoms with Crippen molar-refractivity contribution in [2.75, 3.05) is 10.7 Å². The standard InChI is InChI=1S/C22H23N3O2S2/c1-5-10-24-21(27)19-14(3)15(4)29-20(19)23-22(24)28-12-18(26)25-13(2)11-16-8-6-7-9-17(16)25/h5-9,13H,1,10-12H2,2-4H3/t13-/m1/s1. The minimum atomic E-state index is -0.0633. The number of carbonyl (C=O) groups excluding carboxylic acids is 1. The van der Waals surface area contributed by atoms with Crippen molar-refractivity contribution in [3.05, 3.63) is 63.3 Å². The van der Waals surface area contributed by atoms with Gasteiger partial charge in [-0.05, 0) is 44.4 Å². The lowest BCUT2D eigenvalue weighted by molar-refractivity contribution is -0.116. The molecule has 2 aromatic heterocycles. The van der Waals surface area contributed by atoms with E-state index in [2.05, 4.69) is 19.6 Å². The number of thiophene rings is 1. The molecule has 1 aromatic carbocycles. The number of anilines is 1. The summed E-state index contributed by atoms with van der Waals surface area (Å²) in [5, 5.41) is 1.24. The van der Waals surface area contributed by atoms with Gasteiger partial charge in [-0.25, -0.2) is 4.98 Å². The Morgan fingerprint density at radius 1 is 1.38 bits per heavy atom. The monoisotopic (exact) mass is 425 g/mol. The molecule has 0 bridgehead atoms. The average Bonchev–Trinajstić information content (AvgIpc) is 3.18. The maximum Gasteiger partial charge on any atom is 0.263 e. The third-order valence-corrected chi connectivity index (χ3v) is 7.43. The highest BCUT2D eigenvalue weighted by Gasteiger charge is 2.30. The van der Waals surface area contributed by atoms with E-state index in [1.807, 2.05) is 36.9 Å². The van der Waals surface area contributed by atoms with Crippen LogP contribution in [-0.4, -0.2) is 27.3 Å². The molecular formula is C22H23N3O2S2. The van der Waals surface area contributed by atoms with E-state index in [4.69, 9.17) is 4.98 Å². The highest BCUT2D eigenvalue weighted by molar-refractivity contribution is 7.99. The molecule has 4 rings (SSSR count). The SMILES string of the molecule is C=CCn1c(SCC(=O)N2c3ccccc3C[C@H]2C)nc2sc(C)c(C)c2c1=O. The smallest absolute Gasteiger partial charge is 0.263 e. The Morgan fingerprint density at radius 3 is 2.90 bits per heavy atom. The Kier molecular flexibility index (Phi) is 5.36. The largest absolute Gasteiger partial charge is 0.308 e. The van der Waals surface area contributed by atoms with Crippen LogP contribution >= 0.6 is 23.1 Å². The van der Waals surface area contributed by atoms with Gasteiger partial charge >= 0.3 is 0 Å². The fourth-order valence-electron chi connectivity index (χ4n) is 3.85. The number of nitrogens with zero attached hydrogens (tertiary/aromatic N) is 3. The van der Waals surface area contributed by atoms with E-state index in [1.165, 1.54) is 28.7 Å². The summed E-state index contributed by atoms with van der Waals surface area (Å²) in [7, 11) is 0. The van der Waals surface area contributed by atoms with Gasteiger partial charge in [-0.3, -0.25) is 14.2 Å². The van der Waals surface area contributed by atoms with Crippen LogP contribution in [0, 0.1) is 13.8 Å². The van der Waals surface area contributed by atoms with Crippen molar-refractivity contribution in [2.45, 2.75) is 44.9 Å². The highest BCUT2D eigenvalue weighted by atomic mass is 32.2. The van der Waals surface area contributed by atoms with E-state index in [0.29, 0.717) is 17.1 Å². The Morgan fingerprint density at radius 2 is 2.14 bits per heavy atom. The molecular weight excluding hydrogens is 402 g/mol. The number of benzene rings is 1. The van der Waals surface area contributed by atoms with Gasteiger partial charge in [0.1, 0.15) is 4.83 Å². The van der Waals surface area contributed by atoms with Gasteiger partial charge in [0.15, 0.2) is 5.16 Å². The first kappa shape index (κ1) is 19.9. The molecule has 0 aliphatic carbocycles. The first-order valence-corrected chi connectivity index (χ1v) is 11.4. The summed E-state index contributed by atoms with van der Waals surface area (Å²) >= 11 is 2.85. The number of hydrogen-bond donors (Lipinski definition) is 0. The summed E-state index contributed by atoms with van der Waals surface area (Å²) in [6.07, 6.45) is 2.56. The van der Waals surface area contributed by atoms with Gasteiger partial charge in [-0.2, -0.15) is 0 Å². The molecule has 0 spiro atoms. The van der Waals surface area contributed by atoms with Crippen LogP contribution in [0.2, 0.25) is 0 Å². The van der Waals surface area contributed by atoms with Crippen molar-refractivity contribution in [2.24, 2.45) is 0 Å². The molecule has 0 fully saturated rings. The van der Waals surface area contributed by atoms with Crippen molar-refractivity contribution in [1.82, 2.24) is 9.55 Å². The molecule has 150 valence electrons. The molecule has 7 heteroatoms. The van der Waals surface area contributed by atoms with E-state index in [-0.39, 0.29) is 23.3 Å². The van der Waals surface area contributed by atoms with Crippen LogP contribution in [0.3, 0.4) is 0 Å². The number of carbonyl (C=O) groups is 1. The second-order valence-corrected chi connectivity index (χ2v) is 9.44. The second-order valence-electron chi connectivity index (χ2n) is 7.30. The lowest BCUT2D eigenvalue weighted by Crippen LogP contribution is -2.37. The Hall–Kier alpha value is -2.38. The highest BCUT2D eigenvalue weighted by Crippen LogP contribution is 2.33. The van der Waals surface area contributed by atoms with Gasteiger partial charge in [0.25, 0.3) is 5.56 Å². The molecule has 0 saturated heterocycles. The maximum atomic E-state index is 13.1. The van der Waals surface area contributed by atoms with Crippen molar-refractivity contribution in [3.8, 4) is 0 Å². The predicted octanol–water partition coefficient (Wildman–Crippen LogP) is 4.33. The first-order chi connectivity index (χ1) is 13.9. The molecule has 5 nitrogen and oxygen atoms in total. The lowest BCUT2D eigenvalue weighted by atomic mass is 10.1. The number of amides is 1. The van der Waals surface area contributed by atoms with Crippen LogP contribution in [0.1, 0.15) is 22.9 Å². The average molecular weight is 426 g/mol. The van der Waals surface area contributed by atoms with Crippen LogP contribution in [0.5, 0.6) is 0 Å². The fourth-order valence-corrected chi connectivity index (χ4v) is 5.79. The van der Waals surface area contributed by atoms with Crippen LogP contribution < -0.4 is 10.5 Å². The molecule has 0 unspecified atom stereocenters. The van der Waals surface area contributed by atoms with Crippen LogP contribution in [-0.2, 0) is 17.8 Å². The fraction of sp³-hybridized carbons (Fsp3) is 0.318. The number of aromatic nitrogens is 2. The Labute approximate surface area is 178 Å². The summed E-state index contributed by atoms with van der Waals surface area (Å²) < 4.78 is 1.62. The van der Waals surface area contributed by atoms with E-state index in [0.717, 1.165) is 27.4 Å². The zero-order valence-corrected chi connectivity index (χ0v) is 18.4. The van der Waals surface area contributed by atoms with Gasteiger partial charge in [-0.1, -0.05) is 36.0 Å². The number of rotatable bonds is 5. The number of aryl methyl sites for hydroxylation is 2. The minimum Gasteiger partial charge on any atom is -0.308 e. The molecule has 0 radical (unpaired) electrons. The molecule has 1 aliphatic rings. The summed E-state index contributed by atoms with van der Waals surface area (Å²) in [6, 6.07) is 8.17. The molecule has 0 saturated carbocycles. The van der Waals surface area contributed by atoms with Crippen molar-refractivity contribution < 1.29 is 4.79 Å². The number of para-hydroxylation sites is 1. The molecule has 3 heterocycles.